The molecule has 2 fully saturated rings. The summed E-state index contributed by atoms with van der Waals surface area (Å²) in [6, 6.07) is -6.68. The number of benzene rings is 1. The lowest BCUT2D eigenvalue weighted by molar-refractivity contribution is -0.144. The van der Waals surface area contributed by atoms with E-state index in [4.69, 9.17) is 5.73 Å². The molecule has 2 aromatic rings. The van der Waals surface area contributed by atoms with Crippen LogP contribution in [-0.2, 0) is 70.5 Å². The second-order valence-corrected chi connectivity index (χ2v) is 22.9. The summed E-state index contributed by atoms with van der Waals surface area (Å²) in [5.41, 5.74) is 6.60. The average Bonchev–Trinajstić information content (AvgIpc) is 2.60. The van der Waals surface area contributed by atoms with Crippen LogP contribution in [0.5, 0.6) is 5.75 Å². The summed E-state index contributed by atoms with van der Waals surface area (Å²) in [5.74, 6) is -11.9. The number of unbranched alkanes of at least 4 members (excludes halogenated alkanes) is 2. The van der Waals surface area contributed by atoms with E-state index in [0.717, 1.165) is 21.6 Å². The van der Waals surface area contributed by atoms with Crippen LogP contribution in [0.15, 0.2) is 29.3 Å². The Labute approximate surface area is 487 Å². The van der Waals surface area contributed by atoms with E-state index in [1.54, 1.807) is 24.8 Å². The Morgan fingerprint density at radius 2 is 1.46 bits per heavy atom. The van der Waals surface area contributed by atoms with E-state index >= 15 is 0 Å². The van der Waals surface area contributed by atoms with Gasteiger partial charge < -0.3 is 78.2 Å². The number of aromatic amines is 1. The number of hydrogen-bond acceptors (Lipinski definition) is 18. The molecule has 1 unspecified atom stereocenters. The predicted octanol–water partition coefficient (Wildman–Crippen LogP) is -4.81. The minimum Gasteiger partial charge on any atom is -0.508 e. The Morgan fingerprint density at radius 1 is 0.786 bits per heavy atom. The third-order valence-corrected chi connectivity index (χ3v) is 17.1. The maximum atomic E-state index is 14.8. The third-order valence-electron chi connectivity index (χ3n) is 15.9. The zero-order valence-corrected chi connectivity index (χ0v) is 47.8. The average molecular weight is 1190 g/mol. The quantitative estimate of drug-likeness (QED) is 0.0588. The van der Waals surface area contributed by atoms with Crippen LogP contribution in [0.4, 0.5) is 0 Å². The molecule has 6 heterocycles. The summed E-state index contributed by atoms with van der Waals surface area (Å²) in [5, 5.41) is 61.9. The standard InChI is InChI=1S/C54H75N13O16S/c1-4-27(2)45-51(81)57-21-40(73)58-35-26-84-53-31(30-9-10-37(70)32(47(30)63-53)24-64-14-16-65(17-15-64)42(75)8-6-5-7-13-66-43(76)11-12-44(66)77)19-33(48(78)56-22-41(74)61-45)59-52(82)46(28(3)38(71)25-68)62-50(80)36-18-29(69)23-67(36)54(83)34(20-39(55)72)60-49(35)79/h9-12,27-29,33-36,38,45-46,63,68-71H,4-8,13-26H2,1-3H3,(H2,55,72)(H,56,78)(H,57,81)(H,58,73)(H,59,82)(H,60,79)(H,61,74)(H,62,80)/t27-,28-,29-,33+,34-,35?,36-,38-,45-,46-/m0/s1. The molecule has 458 valence electrons. The van der Waals surface area contributed by atoms with Gasteiger partial charge in [-0.3, -0.25) is 67.3 Å². The van der Waals surface area contributed by atoms with Crippen LogP contribution in [-0.4, -0.2) is 229 Å². The Kier molecular flexibility index (Phi) is 21.9. The van der Waals surface area contributed by atoms with Crippen LogP contribution in [0.25, 0.3) is 10.9 Å². The highest BCUT2D eigenvalue weighted by Gasteiger charge is 2.45. The summed E-state index contributed by atoms with van der Waals surface area (Å²) in [6.07, 6.45) is 0.141. The van der Waals surface area contributed by atoms with E-state index in [2.05, 4.69) is 42.2 Å². The van der Waals surface area contributed by atoms with E-state index < -0.39 is 159 Å². The van der Waals surface area contributed by atoms with E-state index in [-0.39, 0.29) is 53.8 Å². The first-order chi connectivity index (χ1) is 40.0. The molecule has 12 amide bonds. The molecule has 0 radical (unpaired) electrons. The molecule has 29 nitrogen and oxygen atoms in total. The van der Waals surface area contributed by atoms with Gasteiger partial charge in [0.15, 0.2) is 0 Å². The molecule has 30 heteroatoms. The van der Waals surface area contributed by atoms with Crippen molar-refractivity contribution in [3.8, 4) is 5.75 Å². The molecule has 0 aliphatic carbocycles. The highest BCUT2D eigenvalue weighted by molar-refractivity contribution is 7.99. The normalized spacial score (nSPS) is 25.8. The van der Waals surface area contributed by atoms with Gasteiger partial charge in [0.2, 0.25) is 59.1 Å². The number of fused-ring (bicyclic) bond motifs is 5. The lowest BCUT2D eigenvalue weighted by Crippen LogP contribution is -2.62. The molecule has 1 aromatic carbocycles. The molecule has 14 N–H and O–H groups in total. The summed E-state index contributed by atoms with van der Waals surface area (Å²) >= 11 is 0.931. The lowest BCUT2D eigenvalue weighted by atomic mass is 9.93. The van der Waals surface area contributed by atoms with Crippen molar-refractivity contribution < 1.29 is 78.0 Å². The number of phenolic OH excluding ortho intramolecular Hbond substituents is 1. The molecule has 0 spiro atoms. The number of H-pyrrole nitrogens is 1. The SMILES string of the molecule is CC[C@H](C)[C@@H]1NC(=O)CNC(=O)[C@H]2Cc3c([nH]c4c(CN5CCN(C(=O)CCCCCN6C(=O)C=CC6=O)CC5)c(O)ccc34)SCC(NC(=O)CNC1=O)C(=O)N[C@@H](CC(N)=O)C(=O)N1C[C@@H](O)C[C@H]1C(=O)N[C@@H]([C@@H](C)[C@@H](O)CO)C(=O)N2. The number of hydrogen-bond donors (Lipinski definition) is 13. The minimum absolute atomic E-state index is 0.0665. The predicted molar refractivity (Wildman–Crippen MR) is 298 cm³/mol. The van der Waals surface area contributed by atoms with Gasteiger partial charge in [-0.05, 0) is 36.5 Å². The molecule has 0 saturated carbocycles. The van der Waals surface area contributed by atoms with Gasteiger partial charge in [0.05, 0.1) is 48.9 Å². The third kappa shape index (κ3) is 15.7. The summed E-state index contributed by atoms with van der Waals surface area (Å²) in [6.45, 7) is 3.75. The van der Waals surface area contributed by atoms with Crippen molar-refractivity contribution >= 4 is 93.6 Å². The number of thioether (sulfide) groups is 1. The maximum Gasteiger partial charge on any atom is 0.253 e. The first-order valence-electron chi connectivity index (χ1n) is 28.1. The van der Waals surface area contributed by atoms with Gasteiger partial charge >= 0.3 is 0 Å². The van der Waals surface area contributed by atoms with Crippen LogP contribution in [0.2, 0.25) is 0 Å². The number of amides is 12. The van der Waals surface area contributed by atoms with Crippen LogP contribution in [0, 0.1) is 11.8 Å². The highest BCUT2D eigenvalue weighted by atomic mass is 32.2. The van der Waals surface area contributed by atoms with Crippen LogP contribution in [0.3, 0.4) is 0 Å². The molecule has 5 aliphatic rings. The number of imide groups is 1. The topological polar surface area (TPSA) is 425 Å². The highest BCUT2D eigenvalue weighted by Crippen LogP contribution is 2.37. The minimum atomic E-state index is -1.80. The molecule has 5 aliphatic heterocycles. The van der Waals surface area contributed by atoms with Crippen molar-refractivity contribution in [2.24, 2.45) is 17.6 Å². The van der Waals surface area contributed by atoms with Gasteiger partial charge in [-0.15, -0.1) is 11.8 Å². The maximum absolute atomic E-state index is 14.8. The smallest absolute Gasteiger partial charge is 0.253 e. The van der Waals surface area contributed by atoms with Crippen molar-refractivity contribution in [3.05, 3.63) is 35.4 Å². The van der Waals surface area contributed by atoms with Gasteiger partial charge in [-0.25, -0.2) is 0 Å². The molecule has 2 bridgehead atoms. The Balaban J connectivity index is 1.27. The van der Waals surface area contributed by atoms with Crippen molar-refractivity contribution in [2.45, 2.75) is 132 Å². The number of aromatic hydroxyl groups is 1. The number of nitrogens with one attached hydrogen (secondary N) is 8. The number of aliphatic hydroxyl groups excluding tert-OH is 3. The van der Waals surface area contributed by atoms with Gasteiger partial charge in [0, 0.05) is 99.8 Å². The number of rotatable bonds is 15. The second-order valence-electron chi connectivity index (χ2n) is 21.8. The van der Waals surface area contributed by atoms with Gasteiger partial charge in [-0.1, -0.05) is 33.6 Å². The van der Waals surface area contributed by atoms with Crippen molar-refractivity contribution in [1.29, 1.82) is 0 Å². The number of aliphatic hydroxyl groups is 3. The van der Waals surface area contributed by atoms with E-state index in [1.807, 2.05) is 4.90 Å². The Bertz CT molecular complexity index is 2890. The van der Waals surface area contributed by atoms with E-state index in [0.29, 0.717) is 73.9 Å². The van der Waals surface area contributed by atoms with Crippen LogP contribution < -0.4 is 43.0 Å². The summed E-state index contributed by atoms with van der Waals surface area (Å²) in [4.78, 5) is 173. The number of carbonyl (C=O) groups excluding carboxylic acids is 12. The van der Waals surface area contributed by atoms with Gasteiger partial charge in [0.1, 0.15) is 42.0 Å². The zero-order valence-electron chi connectivity index (χ0n) is 47.0. The molecule has 1 aromatic heterocycles. The Hall–Kier alpha value is -7.67. The van der Waals surface area contributed by atoms with Crippen LogP contribution in [0.1, 0.15) is 76.8 Å². The zero-order chi connectivity index (χ0) is 61.1. The molecule has 10 atom stereocenters. The van der Waals surface area contributed by atoms with E-state index in [1.165, 1.54) is 25.1 Å². The molecule has 84 heavy (non-hydrogen) atoms. The number of primary amides is 1. The number of nitrogens with two attached hydrogens (primary N) is 1. The first-order valence-corrected chi connectivity index (χ1v) is 29.1. The Morgan fingerprint density at radius 3 is 2.13 bits per heavy atom. The fraction of sp³-hybridized carbons (Fsp3) is 0.593. The number of carbonyl (C=O) groups is 12. The fourth-order valence-electron chi connectivity index (χ4n) is 10.8. The lowest BCUT2D eigenvalue weighted by Gasteiger charge is -2.35. The number of aromatic nitrogens is 1. The first kappa shape index (κ1) is 63.9. The monoisotopic (exact) mass is 1190 g/mol. The largest absolute Gasteiger partial charge is 0.508 e. The van der Waals surface area contributed by atoms with Crippen molar-refractivity contribution in [2.75, 3.05) is 64.7 Å². The number of nitrogens with zero attached hydrogens (tertiary/aromatic N) is 4. The van der Waals surface area contributed by atoms with Crippen molar-refractivity contribution in [3.63, 3.8) is 0 Å². The number of phenols is 1. The van der Waals surface area contributed by atoms with Gasteiger partial charge in [-0.2, -0.15) is 0 Å². The number of piperazine rings is 1. The fourth-order valence-corrected chi connectivity index (χ4v) is 11.9. The molecular formula is C54H75N13O16S. The van der Waals surface area contributed by atoms with Crippen molar-refractivity contribution in [1.82, 2.24) is 61.8 Å². The second kappa shape index (κ2) is 28.7. The molecule has 7 rings (SSSR count). The van der Waals surface area contributed by atoms with Gasteiger partial charge in [0.25, 0.3) is 11.8 Å². The van der Waals surface area contributed by atoms with E-state index in [9.17, 15) is 78.0 Å². The summed E-state index contributed by atoms with van der Waals surface area (Å²) < 4.78 is 0. The summed E-state index contributed by atoms with van der Waals surface area (Å²) in [7, 11) is 0. The molecular weight excluding hydrogens is 1120 g/mol. The van der Waals surface area contributed by atoms with Crippen LogP contribution >= 0.6 is 11.8 Å². The molecule has 2 saturated heterocycles.